The number of hydrogen-bond acceptors (Lipinski definition) is 5. The van der Waals surface area contributed by atoms with E-state index in [1.807, 2.05) is 19.1 Å². The topological polar surface area (TPSA) is 63.8 Å². The lowest BCUT2D eigenvalue weighted by Gasteiger charge is -2.06. The minimum atomic E-state index is 0.266. The zero-order chi connectivity index (χ0) is 13.1. The van der Waals surface area contributed by atoms with Crippen molar-refractivity contribution >= 4 is 46.1 Å². The lowest BCUT2D eigenvalue weighted by molar-refractivity contribution is 1.03. The first-order chi connectivity index (χ1) is 8.54. The SMILES string of the molecule is Cc1cc(C(N)=S)nc(NCc2ccc(Cl)s2)n1. The van der Waals surface area contributed by atoms with E-state index in [-0.39, 0.29) is 4.99 Å². The predicted molar refractivity (Wildman–Crippen MR) is 79.3 cm³/mol. The van der Waals surface area contributed by atoms with E-state index in [0.29, 0.717) is 18.2 Å². The molecule has 0 aromatic carbocycles. The molecule has 2 rings (SSSR count). The van der Waals surface area contributed by atoms with E-state index >= 15 is 0 Å². The van der Waals surface area contributed by atoms with Crippen LogP contribution in [0.3, 0.4) is 0 Å². The molecule has 0 unspecified atom stereocenters. The van der Waals surface area contributed by atoms with Gasteiger partial charge in [0.05, 0.1) is 10.9 Å². The molecule has 0 atom stereocenters. The van der Waals surface area contributed by atoms with Crippen molar-refractivity contribution < 1.29 is 0 Å². The van der Waals surface area contributed by atoms with Crippen molar-refractivity contribution in [3.05, 3.63) is 38.8 Å². The fourth-order valence-electron chi connectivity index (χ4n) is 1.39. The third-order valence-electron chi connectivity index (χ3n) is 2.16. The smallest absolute Gasteiger partial charge is 0.223 e. The van der Waals surface area contributed by atoms with Gasteiger partial charge in [-0.3, -0.25) is 0 Å². The Morgan fingerprint density at radius 1 is 1.50 bits per heavy atom. The summed E-state index contributed by atoms with van der Waals surface area (Å²) in [5.41, 5.74) is 6.95. The van der Waals surface area contributed by atoms with E-state index in [2.05, 4.69) is 15.3 Å². The van der Waals surface area contributed by atoms with Gasteiger partial charge in [-0.05, 0) is 25.1 Å². The van der Waals surface area contributed by atoms with E-state index in [1.54, 1.807) is 6.07 Å². The predicted octanol–water partition coefficient (Wildman–Crippen LogP) is 2.75. The van der Waals surface area contributed by atoms with Crippen LogP contribution in [0.25, 0.3) is 0 Å². The highest BCUT2D eigenvalue weighted by Gasteiger charge is 2.05. The van der Waals surface area contributed by atoms with Crippen LogP contribution in [0.2, 0.25) is 4.34 Å². The van der Waals surface area contributed by atoms with Crippen LogP contribution in [0.15, 0.2) is 18.2 Å². The van der Waals surface area contributed by atoms with Crippen molar-refractivity contribution in [1.82, 2.24) is 9.97 Å². The molecule has 2 aromatic rings. The van der Waals surface area contributed by atoms with Gasteiger partial charge in [-0.15, -0.1) is 11.3 Å². The van der Waals surface area contributed by atoms with Crippen LogP contribution in [0.1, 0.15) is 16.3 Å². The van der Waals surface area contributed by atoms with Crippen molar-refractivity contribution in [2.24, 2.45) is 5.73 Å². The largest absolute Gasteiger partial charge is 0.388 e. The summed E-state index contributed by atoms with van der Waals surface area (Å²) in [5, 5.41) is 3.12. The van der Waals surface area contributed by atoms with E-state index in [4.69, 9.17) is 29.6 Å². The number of thiophene rings is 1. The third kappa shape index (κ3) is 3.38. The van der Waals surface area contributed by atoms with Gasteiger partial charge in [-0.25, -0.2) is 9.97 Å². The number of nitrogens with zero attached hydrogens (tertiary/aromatic N) is 2. The summed E-state index contributed by atoms with van der Waals surface area (Å²) in [7, 11) is 0. The Hall–Kier alpha value is -1.24. The Morgan fingerprint density at radius 3 is 2.89 bits per heavy atom. The van der Waals surface area contributed by atoms with Gasteiger partial charge in [0, 0.05) is 10.6 Å². The first kappa shape index (κ1) is 13.2. The second-order valence-electron chi connectivity index (χ2n) is 3.64. The number of aromatic nitrogens is 2. The molecule has 0 saturated carbocycles. The summed E-state index contributed by atoms with van der Waals surface area (Å²) < 4.78 is 0.765. The maximum absolute atomic E-state index is 5.86. The molecule has 0 saturated heterocycles. The quantitative estimate of drug-likeness (QED) is 0.850. The number of hydrogen-bond donors (Lipinski definition) is 2. The van der Waals surface area contributed by atoms with Gasteiger partial charge < -0.3 is 11.1 Å². The normalized spacial score (nSPS) is 10.3. The Balaban J connectivity index is 2.11. The van der Waals surface area contributed by atoms with Gasteiger partial charge in [0.1, 0.15) is 10.7 Å². The molecule has 94 valence electrons. The highest BCUT2D eigenvalue weighted by atomic mass is 35.5. The van der Waals surface area contributed by atoms with Gasteiger partial charge in [0.25, 0.3) is 0 Å². The molecular weight excluding hydrogens is 288 g/mol. The monoisotopic (exact) mass is 298 g/mol. The Labute approximate surface area is 119 Å². The molecule has 0 fully saturated rings. The van der Waals surface area contributed by atoms with Crippen LogP contribution in [0.4, 0.5) is 5.95 Å². The molecule has 7 heteroatoms. The summed E-state index contributed by atoms with van der Waals surface area (Å²) in [6.45, 7) is 2.49. The molecule has 0 radical (unpaired) electrons. The fourth-order valence-corrected chi connectivity index (χ4v) is 2.52. The standard InChI is InChI=1S/C11H11ClN4S2/c1-6-4-8(10(13)17)16-11(15-6)14-5-7-2-3-9(12)18-7/h2-4H,5H2,1H3,(H2,13,17)(H,14,15,16). The first-order valence-electron chi connectivity index (χ1n) is 5.18. The second-order valence-corrected chi connectivity index (χ2v) is 5.88. The van der Waals surface area contributed by atoms with Crippen molar-refractivity contribution in [3.8, 4) is 0 Å². The molecule has 2 heterocycles. The summed E-state index contributed by atoms with van der Waals surface area (Å²) in [6.07, 6.45) is 0. The van der Waals surface area contributed by atoms with Crippen LogP contribution in [-0.2, 0) is 6.54 Å². The van der Waals surface area contributed by atoms with Crippen molar-refractivity contribution in [1.29, 1.82) is 0 Å². The maximum Gasteiger partial charge on any atom is 0.223 e. The van der Waals surface area contributed by atoms with Crippen molar-refractivity contribution in [3.63, 3.8) is 0 Å². The number of halogens is 1. The van der Waals surface area contributed by atoms with Gasteiger partial charge in [-0.2, -0.15) is 0 Å². The van der Waals surface area contributed by atoms with E-state index < -0.39 is 0 Å². The molecule has 0 aliphatic carbocycles. The molecule has 0 aliphatic rings. The Kier molecular flexibility index (Phi) is 4.11. The minimum absolute atomic E-state index is 0.266. The first-order valence-corrected chi connectivity index (χ1v) is 6.78. The molecule has 18 heavy (non-hydrogen) atoms. The zero-order valence-corrected chi connectivity index (χ0v) is 12.0. The number of nitrogens with two attached hydrogens (primary N) is 1. The number of nitrogens with one attached hydrogen (secondary N) is 1. The van der Waals surface area contributed by atoms with Crippen LogP contribution in [-0.4, -0.2) is 15.0 Å². The third-order valence-corrected chi connectivity index (χ3v) is 3.60. The molecule has 0 aliphatic heterocycles. The summed E-state index contributed by atoms with van der Waals surface area (Å²) in [5.74, 6) is 0.516. The molecule has 0 spiro atoms. The molecule has 0 amide bonds. The Bertz CT molecular complexity index is 582. The van der Waals surface area contributed by atoms with Gasteiger partial charge >= 0.3 is 0 Å². The minimum Gasteiger partial charge on any atom is -0.388 e. The summed E-state index contributed by atoms with van der Waals surface area (Å²) >= 11 is 12.3. The van der Waals surface area contributed by atoms with Crippen molar-refractivity contribution in [2.45, 2.75) is 13.5 Å². The van der Waals surface area contributed by atoms with Gasteiger partial charge in [0.15, 0.2) is 0 Å². The summed E-state index contributed by atoms with van der Waals surface area (Å²) in [4.78, 5) is 9.89. The zero-order valence-electron chi connectivity index (χ0n) is 9.61. The van der Waals surface area contributed by atoms with E-state index in [0.717, 1.165) is 14.9 Å². The van der Waals surface area contributed by atoms with Crippen LogP contribution in [0.5, 0.6) is 0 Å². The van der Waals surface area contributed by atoms with E-state index in [1.165, 1.54) is 11.3 Å². The molecule has 2 aromatic heterocycles. The molecule has 0 bridgehead atoms. The fraction of sp³-hybridized carbons (Fsp3) is 0.182. The van der Waals surface area contributed by atoms with Crippen molar-refractivity contribution in [2.75, 3.05) is 5.32 Å². The molecule has 4 nitrogen and oxygen atoms in total. The number of anilines is 1. The summed E-state index contributed by atoms with van der Waals surface area (Å²) in [6, 6.07) is 5.58. The Morgan fingerprint density at radius 2 is 2.28 bits per heavy atom. The number of aryl methyl sites for hydroxylation is 1. The van der Waals surface area contributed by atoms with Crippen LogP contribution >= 0.6 is 35.2 Å². The number of thiocarbonyl (C=S) groups is 1. The second kappa shape index (κ2) is 5.60. The van der Waals surface area contributed by atoms with Gasteiger partial charge in [-0.1, -0.05) is 23.8 Å². The lowest BCUT2D eigenvalue weighted by atomic mass is 10.3. The van der Waals surface area contributed by atoms with Crippen LogP contribution < -0.4 is 11.1 Å². The molecule has 3 N–H and O–H groups in total. The van der Waals surface area contributed by atoms with Gasteiger partial charge in [0.2, 0.25) is 5.95 Å². The average molecular weight is 299 g/mol. The lowest BCUT2D eigenvalue weighted by Crippen LogP contribution is -2.14. The highest BCUT2D eigenvalue weighted by molar-refractivity contribution is 7.80. The number of rotatable bonds is 4. The maximum atomic E-state index is 5.86. The van der Waals surface area contributed by atoms with Crippen LogP contribution in [0, 0.1) is 6.92 Å². The van der Waals surface area contributed by atoms with E-state index in [9.17, 15) is 0 Å². The highest BCUT2D eigenvalue weighted by Crippen LogP contribution is 2.21. The molecular formula is C11H11ClN4S2. The average Bonchev–Trinajstić information content (AvgIpc) is 2.72.